The average Bonchev–Trinajstić information content (AvgIpc) is 2.16. The van der Waals surface area contributed by atoms with Crippen molar-refractivity contribution in [3.63, 3.8) is 0 Å². The molecule has 1 aliphatic heterocycles. The second-order valence-corrected chi connectivity index (χ2v) is 2.53. The first-order valence-electron chi connectivity index (χ1n) is 3.09. The topological polar surface area (TPSA) is 38.7 Å². The zero-order valence-corrected chi connectivity index (χ0v) is 5.59. The van der Waals surface area contributed by atoms with Gasteiger partial charge in [0.2, 0.25) is 0 Å². The highest BCUT2D eigenvalue weighted by molar-refractivity contribution is 4.76. The van der Waals surface area contributed by atoms with Crippen molar-refractivity contribution < 1.29 is 14.6 Å². The molecule has 1 aliphatic rings. The predicted molar refractivity (Wildman–Crippen MR) is 32.0 cm³/mol. The van der Waals surface area contributed by atoms with E-state index in [1.54, 1.807) is 0 Å². The lowest BCUT2D eigenvalue weighted by Gasteiger charge is -2.18. The van der Waals surface area contributed by atoms with Crippen LogP contribution >= 0.6 is 0 Å². The quantitative estimate of drug-likeness (QED) is 0.580. The Hall–Kier alpha value is -0.120. The van der Waals surface area contributed by atoms with E-state index < -0.39 is 0 Å². The fraction of sp³-hybridized carbons (Fsp3) is 1.00. The molecule has 3 heteroatoms. The van der Waals surface area contributed by atoms with Crippen LogP contribution in [-0.4, -0.2) is 30.7 Å². The Kier molecular flexibility index (Phi) is 2.05. The summed E-state index contributed by atoms with van der Waals surface area (Å²) in [6.45, 7) is 3.08. The number of ether oxygens (including phenoxy) is 2. The summed E-state index contributed by atoms with van der Waals surface area (Å²) in [6.07, 6.45) is 0.660. The van der Waals surface area contributed by atoms with Gasteiger partial charge < -0.3 is 14.6 Å². The number of rotatable bonds is 2. The molecule has 0 radical (unpaired) electrons. The predicted octanol–water partition coefficient (Wildman–Crippen LogP) is 0.132. The zero-order valence-electron chi connectivity index (χ0n) is 5.59. The standard InChI is InChI=1S/C6H12O3/c1-6(2-3-7)4-8-5-9-6/h7H,2-5H2,1H3. The maximum atomic E-state index is 8.56. The molecule has 0 spiro atoms. The second kappa shape index (κ2) is 2.64. The van der Waals surface area contributed by atoms with E-state index in [0.29, 0.717) is 19.8 Å². The minimum Gasteiger partial charge on any atom is -0.396 e. The van der Waals surface area contributed by atoms with Gasteiger partial charge in [-0.3, -0.25) is 0 Å². The molecule has 1 rings (SSSR count). The number of hydrogen-bond acceptors (Lipinski definition) is 3. The number of aliphatic hydroxyl groups excluding tert-OH is 1. The van der Waals surface area contributed by atoms with E-state index in [2.05, 4.69) is 0 Å². The lowest BCUT2D eigenvalue weighted by atomic mass is 10.1. The van der Waals surface area contributed by atoms with E-state index in [1.165, 1.54) is 0 Å². The highest BCUT2D eigenvalue weighted by atomic mass is 16.7. The first-order valence-corrected chi connectivity index (χ1v) is 3.09. The smallest absolute Gasteiger partial charge is 0.147 e. The van der Waals surface area contributed by atoms with E-state index in [0.717, 1.165) is 0 Å². The third kappa shape index (κ3) is 1.64. The van der Waals surface area contributed by atoms with Crippen LogP contribution in [0.4, 0.5) is 0 Å². The van der Waals surface area contributed by atoms with Crippen LogP contribution in [0.25, 0.3) is 0 Å². The van der Waals surface area contributed by atoms with Crippen molar-refractivity contribution in [1.82, 2.24) is 0 Å². The van der Waals surface area contributed by atoms with E-state index in [1.807, 2.05) is 6.92 Å². The van der Waals surface area contributed by atoms with Crippen LogP contribution in [0.2, 0.25) is 0 Å². The van der Waals surface area contributed by atoms with Crippen molar-refractivity contribution in [2.24, 2.45) is 0 Å². The van der Waals surface area contributed by atoms with Crippen molar-refractivity contribution in [2.75, 3.05) is 20.0 Å². The second-order valence-electron chi connectivity index (χ2n) is 2.53. The summed E-state index contributed by atoms with van der Waals surface area (Å²) >= 11 is 0. The molecule has 0 saturated carbocycles. The fourth-order valence-electron chi connectivity index (χ4n) is 0.864. The molecule has 1 unspecified atom stereocenters. The van der Waals surface area contributed by atoms with Crippen molar-refractivity contribution in [3.05, 3.63) is 0 Å². The Labute approximate surface area is 54.6 Å². The van der Waals surface area contributed by atoms with Crippen molar-refractivity contribution in [1.29, 1.82) is 0 Å². The summed E-state index contributed by atoms with van der Waals surface area (Å²) in [5, 5.41) is 8.56. The summed E-state index contributed by atoms with van der Waals surface area (Å²) in [5.41, 5.74) is -0.227. The Morgan fingerprint density at radius 3 is 2.89 bits per heavy atom. The Bertz CT molecular complexity index is 86.3. The lowest BCUT2D eigenvalue weighted by Crippen LogP contribution is -2.28. The largest absolute Gasteiger partial charge is 0.396 e. The Morgan fingerprint density at radius 2 is 2.44 bits per heavy atom. The summed E-state index contributed by atoms with van der Waals surface area (Å²) < 4.78 is 10.2. The molecule has 1 heterocycles. The third-order valence-electron chi connectivity index (χ3n) is 1.54. The molecule has 0 bridgehead atoms. The van der Waals surface area contributed by atoms with Gasteiger partial charge in [0, 0.05) is 13.0 Å². The van der Waals surface area contributed by atoms with Crippen LogP contribution < -0.4 is 0 Å². The highest BCUT2D eigenvalue weighted by Gasteiger charge is 2.29. The van der Waals surface area contributed by atoms with Crippen molar-refractivity contribution in [3.8, 4) is 0 Å². The minimum absolute atomic E-state index is 0.167. The molecular weight excluding hydrogens is 120 g/mol. The molecule has 0 aromatic heterocycles. The van der Waals surface area contributed by atoms with Gasteiger partial charge in [0.1, 0.15) is 6.79 Å². The van der Waals surface area contributed by atoms with Crippen LogP contribution in [-0.2, 0) is 9.47 Å². The highest BCUT2D eigenvalue weighted by Crippen LogP contribution is 2.20. The molecule has 0 aromatic rings. The molecule has 1 saturated heterocycles. The van der Waals surface area contributed by atoms with E-state index >= 15 is 0 Å². The first-order chi connectivity index (χ1) is 4.27. The van der Waals surface area contributed by atoms with E-state index in [9.17, 15) is 0 Å². The van der Waals surface area contributed by atoms with Gasteiger partial charge in [0.05, 0.1) is 12.2 Å². The van der Waals surface area contributed by atoms with Crippen LogP contribution in [0.15, 0.2) is 0 Å². The lowest BCUT2D eigenvalue weighted by molar-refractivity contribution is -0.0100. The van der Waals surface area contributed by atoms with Crippen LogP contribution in [0, 0.1) is 0 Å². The first kappa shape index (κ1) is 6.99. The van der Waals surface area contributed by atoms with E-state index in [4.69, 9.17) is 14.6 Å². The van der Waals surface area contributed by atoms with Gasteiger partial charge in [0.25, 0.3) is 0 Å². The maximum Gasteiger partial charge on any atom is 0.147 e. The summed E-state index contributed by atoms with van der Waals surface area (Å²) in [7, 11) is 0. The van der Waals surface area contributed by atoms with Gasteiger partial charge in [-0.2, -0.15) is 0 Å². The van der Waals surface area contributed by atoms with Gasteiger partial charge in [-0.25, -0.2) is 0 Å². The molecule has 1 N–H and O–H groups in total. The molecule has 1 fully saturated rings. The van der Waals surface area contributed by atoms with E-state index in [-0.39, 0.29) is 12.2 Å². The minimum atomic E-state index is -0.227. The summed E-state index contributed by atoms with van der Waals surface area (Å²) in [5.74, 6) is 0. The van der Waals surface area contributed by atoms with Gasteiger partial charge in [-0.15, -0.1) is 0 Å². The van der Waals surface area contributed by atoms with Gasteiger partial charge in [0.15, 0.2) is 0 Å². The normalized spacial score (nSPS) is 35.3. The van der Waals surface area contributed by atoms with Crippen molar-refractivity contribution >= 4 is 0 Å². The summed E-state index contributed by atoms with van der Waals surface area (Å²) in [4.78, 5) is 0. The SMILES string of the molecule is CC1(CCO)COCO1. The molecule has 0 aromatic carbocycles. The monoisotopic (exact) mass is 132 g/mol. The summed E-state index contributed by atoms with van der Waals surface area (Å²) in [6, 6.07) is 0. The zero-order chi connectivity index (χ0) is 6.74. The molecule has 0 aliphatic carbocycles. The molecule has 54 valence electrons. The molecule has 0 amide bonds. The molecule has 3 nitrogen and oxygen atoms in total. The van der Waals surface area contributed by atoms with Crippen molar-refractivity contribution in [2.45, 2.75) is 18.9 Å². The van der Waals surface area contributed by atoms with Crippen LogP contribution in [0.3, 0.4) is 0 Å². The number of aliphatic hydroxyl groups is 1. The number of hydrogen-bond donors (Lipinski definition) is 1. The average molecular weight is 132 g/mol. The molecule has 9 heavy (non-hydrogen) atoms. The third-order valence-corrected chi connectivity index (χ3v) is 1.54. The fourth-order valence-corrected chi connectivity index (χ4v) is 0.864. The van der Waals surface area contributed by atoms with Gasteiger partial charge >= 0.3 is 0 Å². The maximum absolute atomic E-state index is 8.56. The van der Waals surface area contributed by atoms with Crippen LogP contribution in [0.1, 0.15) is 13.3 Å². The Balaban J connectivity index is 2.32. The molecule has 1 atom stereocenters. The van der Waals surface area contributed by atoms with Gasteiger partial charge in [-0.05, 0) is 6.92 Å². The van der Waals surface area contributed by atoms with Crippen LogP contribution in [0.5, 0.6) is 0 Å². The molecular formula is C6H12O3. The van der Waals surface area contributed by atoms with Gasteiger partial charge in [-0.1, -0.05) is 0 Å². The Morgan fingerprint density at radius 1 is 1.67 bits per heavy atom.